The van der Waals surface area contributed by atoms with Crippen molar-refractivity contribution in [2.75, 3.05) is 0 Å². The summed E-state index contributed by atoms with van der Waals surface area (Å²) in [6, 6.07) is 13.9. The van der Waals surface area contributed by atoms with Crippen LogP contribution in [0.3, 0.4) is 0 Å². The summed E-state index contributed by atoms with van der Waals surface area (Å²) < 4.78 is 0. The first-order chi connectivity index (χ1) is 10.1. The third-order valence-electron chi connectivity index (χ3n) is 3.60. The Kier molecular flexibility index (Phi) is 5.04. The molecule has 0 spiro atoms. The highest BCUT2D eigenvalue weighted by Gasteiger charge is 2.08. The van der Waals surface area contributed by atoms with Gasteiger partial charge >= 0.3 is 0 Å². The van der Waals surface area contributed by atoms with Gasteiger partial charge in [0.05, 0.1) is 0 Å². The molecule has 2 heteroatoms. The van der Waals surface area contributed by atoms with Crippen molar-refractivity contribution in [3.63, 3.8) is 0 Å². The molecule has 0 aromatic heterocycles. The molecule has 2 nitrogen and oxygen atoms in total. The third-order valence-corrected chi connectivity index (χ3v) is 3.60. The number of allylic oxidation sites excluding steroid dienone is 1. The second-order valence-electron chi connectivity index (χ2n) is 5.41. The highest BCUT2D eigenvalue weighted by molar-refractivity contribution is 5.66. The van der Waals surface area contributed by atoms with E-state index in [9.17, 15) is 5.11 Å². The first kappa shape index (κ1) is 15.2. The largest absolute Gasteiger partial charge is 0.508 e. The number of aryl methyl sites for hydroxylation is 1. The Labute approximate surface area is 126 Å². The van der Waals surface area contributed by atoms with E-state index >= 15 is 0 Å². The van der Waals surface area contributed by atoms with Crippen LogP contribution in [0.5, 0.6) is 5.75 Å². The molecule has 0 fully saturated rings. The van der Waals surface area contributed by atoms with E-state index in [0.717, 1.165) is 40.8 Å². The maximum atomic E-state index is 10.1. The van der Waals surface area contributed by atoms with Crippen LogP contribution in [-0.2, 0) is 6.42 Å². The summed E-state index contributed by atoms with van der Waals surface area (Å²) in [6.45, 7) is 4.11. The number of phenolic OH excluding ortho intramolecular Hbond substituents is 1. The van der Waals surface area contributed by atoms with Gasteiger partial charge in [-0.3, -0.25) is 0 Å². The number of nitrogens with two attached hydrogens (primary N) is 1. The van der Waals surface area contributed by atoms with E-state index in [1.807, 2.05) is 37.3 Å². The smallest absolute Gasteiger partial charge is 0.119 e. The second-order valence-corrected chi connectivity index (χ2v) is 5.41. The van der Waals surface area contributed by atoms with Gasteiger partial charge in [0.2, 0.25) is 0 Å². The molecule has 2 aromatic rings. The Morgan fingerprint density at radius 1 is 1.14 bits per heavy atom. The quantitative estimate of drug-likeness (QED) is 0.853. The normalized spacial score (nSPS) is 11.6. The minimum atomic E-state index is 0.348. The minimum Gasteiger partial charge on any atom is -0.508 e. The molecule has 0 aliphatic carbocycles. The molecule has 2 rings (SSSR count). The van der Waals surface area contributed by atoms with Crippen molar-refractivity contribution < 1.29 is 5.11 Å². The Bertz CT molecular complexity index is 644. The van der Waals surface area contributed by atoms with E-state index < -0.39 is 0 Å². The van der Waals surface area contributed by atoms with Crippen LogP contribution in [-0.4, -0.2) is 5.11 Å². The molecular formula is C19H23NO. The Balaban J connectivity index is 2.32. The molecule has 0 radical (unpaired) electrons. The third kappa shape index (κ3) is 3.88. The summed E-state index contributed by atoms with van der Waals surface area (Å²) in [5.74, 6) is 0.348. The number of aromatic hydroxyl groups is 1. The second kappa shape index (κ2) is 6.98. The zero-order valence-corrected chi connectivity index (χ0v) is 12.8. The highest BCUT2D eigenvalue weighted by atomic mass is 16.3. The van der Waals surface area contributed by atoms with Crippen molar-refractivity contribution in [1.82, 2.24) is 0 Å². The van der Waals surface area contributed by atoms with Gasteiger partial charge in [-0.2, -0.15) is 0 Å². The van der Waals surface area contributed by atoms with Crippen LogP contribution in [0.1, 0.15) is 42.0 Å². The summed E-state index contributed by atoms with van der Waals surface area (Å²) in [6.07, 6.45) is 4.83. The van der Waals surface area contributed by atoms with E-state index in [1.165, 1.54) is 0 Å². The molecule has 0 amide bonds. The van der Waals surface area contributed by atoms with Gasteiger partial charge in [0.25, 0.3) is 0 Å². The van der Waals surface area contributed by atoms with Crippen LogP contribution in [0.15, 0.2) is 48.5 Å². The maximum Gasteiger partial charge on any atom is 0.119 e. The zero-order chi connectivity index (χ0) is 15.2. The van der Waals surface area contributed by atoms with Gasteiger partial charge in [-0.1, -0.05) is 55.8 Å². The van der Waals surface area contributed by atoms with Crippen molar-refractivity contribution in [1.29, 1.82) is 0 Å². The first-order valence-electron chi connectivity index (χ1n) is 7.44. The fourth-order valence-corrected chi connectivity index (χ4v) is 2.39. The van der Waals surface area contributed by atoms with E-state index in [-0.39, 0.29) is 0 Å². The predicted molar refractivity (Wildman–Crippen MR) is 89.2 cm³/mol. The fourth-order valence-electron chi connectivity index (χ4n) is 2.39. The summed E-state index contributed by atoms with van der Waals surface area (Å²) in [4.78, 5) is 0. The van der Waals surface area contributed by atoms with Crippen molar-refractivity contribution in [2.24, 2.45) is 5.73 Å². The fraction of sp³-hybridized carbons (Fsp3) is 0.263. The number of rotatable bonds is 5. The molecule has 0 aliphatic rings. The maximum absolute atomic E-state index is 10.1. The molecule has 0 saturated carbocycles. The molecule has 0 unspecified atom stereocenters. The van der Waals surface area contributed by atoms with Crippen molar-refractivity contribution in [2.45, 2.75) is 33.1 Å². The lowest BCUT2D eigenvalue weighted by Crippen LogP contribution is -2.02. The monoisotopic (exact) mass is 281 g/mol. The average molecular weight is 281 g/mol. The van der Waals surface area contributed by atoms with Crippen LogP contribution in [0, 0.1) is 6.92 Å². The van der Waals surface area contributed by atoms with Gasteiger partial charge in [0, 0.05) is 17.7 Å². The first-order valence-corrected chi connectivity index (χ1v) is 7.44. The lowest BCUT2D eigenvalue weighted by Gasteiger charge is -2.11. The number of phenols is 1. The van der Waals surface area contributed by atoms with Gasteiger partial charge in [-0.25, -0.2) is 0 Å². The molecule has 0 atom stereocenters. The summed E-state index contributed by atoms with van der Waals surface area (Å²) in [5.41, 5.74) is 11.2. The van der Waals surface area contributed by atoms with Crippen molar-refractivity contribution in [3.8, 4) is 5.75 Å². The zero-order valence-electron chi connectivity index (χ0n) is 12.8. The van der Waals surface area contributed by atoms with Crippen LogP contribution in [0.4, 0.5) is 0 Å². The number of benzene rings is 2. The molecule has 110 valence electrons. The molecule has 0 aliphatic heterocycles. The Morgan fingerprint density at radius 3 is 2.62 bits per heavy atom. The van der Waals surface area contributed by atoms with Gasteiger partial charge in [-0.15, -0.1) is 0 Å². The topological polar surface area (TPSA) is 46.2 Å². The standard InChI is InChI=1S/C19H23NO/c1-3-4-9-18(20)17-8-6-5-7-15(17)13-16-11-10-14(2)12-19(16)21/h5-12,21H,3-4,13,20H2,1-2H3/b18-9+. The van der Waals surface area contributed by atoms with Crippen LogP contribution in [0.25, 0.3) is 5.70 Å². The van der Waals surface area contributed by atoms with Crippen molar-refractivity contribution in [3.05, 3.63) is 70.8 Å². The lowest BCUT2D eigenvalue weighted by molar-refractivity contribution is 0.469. The number of hydrogen-bond acceptors (Lipinski definition) is 2. The van der Waals surface area contributed by atoms with E-state index in [0.29, 0.717) is 12.2 Å². The Morgan fingerprint density at radius 2 is 1.90 bits per heavy atom. The van der Waals surface area contributed by atoms with E-state index in [1.54, 1.807) is 6.07 Å². The van der Waals surface area contributed by atoms with Gasteiger partial charge in [0.15, 0.2) is 0 Å². The van der Waals surface area contributed by atoms with Gasteiger partial charge in [-0.05, 0) is 36.1 Å². The predicted octanol–water partition coefficient (Wildman–Crippen LogP) is 4.39. The molecule has 0 heterocycles. The van der Waals surface area contributed by atoms with E-state index in [4.69, 9.17) is 5.73 Å². The molecule has 3 N–H and O–H groups in total. The number of unbranched alkanes of at least 4 members (excludes halogenated alkanes) is 1. The number of hydrogen-bond donors (Lipinski definition) is 2. The summed E-state index contributed by atoms with van der Waals surface area (Å²) >= 11 is 0. The van der Waals surface area contributed by atoms with Crippen LogP contribution >= 0.6 is 0 Å². The summed E-state index contributed by atoms with van der Waals surface area (Å²) in [7, 11) is 0. The molecule has 2 aromatic carbocycles. The minimum absolute atomic E-state index is 0.348. The van der Waals surface area contributed by atoms with E-state index in [2.05, 4.69) is 19.1 Å². The van der Waals surface area contributed by atoms with Crippen molar-refractivity contribution >= 4 is 5.70 Å². The van der Waals surface area contributed by atoms with Gasteiger partial charge < -0.3 is 10.8 Å². The molecule has 0 saturated heterocycles. The highest BCUT2D eigenvalue weighted by Crippen LogP contribution is 2.25. The Hall–Kier alpha value is -2.22. The lowest BCUT2D eigenvalue weighted by atomic mass is 9.96. The van der Waals surface area contributed by atoms with Gasteiger partial charge in [0.1, 0.15) is 5.75 Å². The van der Waals surface area contributed by atoms with Crippen LogP contribution < -0.4 is 5.73 Å². The SMILES string of the molecule is CCC/C=C(/N)c1ccccc1Cc1ccc(C)cc1O. The summed E-state index contributed by atoms with van der Waals surface area (Å²) in [5, 5.41) is 10.1. The van der Waals surface area contributed by atoms with Crippen LogP contribution in [0.2, 0.25) is 0 Å². The molecule has 21 heavy (non-hydrogen) atoms. The average Bonchev–Trinajstić information content (AvgIpc) is 2.48. The molecule has 0 bridgehead atoms. The molecular weight excluding hydrogens is 258 g/mol.